The highest BCUT2D eigenvalue weighted by atomic mass is 35.5. The quantitative estimate of drug-likeness (QED) is 0.740. The van der Waals surface area contributed by atoms with E-state index >= 15 is 0 Å². The van der Waals surface area contributed by atoms with Crippen LogP contribution in [0.25, 0.3) is 22.7 Å². The van der Waals surface area contributed by atoms with Gasteiger partial charge in [0.2, 0.25) is 0 Å². The van der Waals surface area contributed by atoms with Crippen LogP contribution in [0.2, 0.25) is 5.02 Å². The molecule has 7 nitrogen and oxygen atoms in total. The van der Waals surface area contributed by atoms with Gasteiger partial charge in [-0.3, -0.25) is 19.3 Å². The number of aromatic amines is 2. The molecule has 0 aliphatic heterocycles. The molecule has 0 radical (unpaired) electrons. The first-order chi connectivity index (χ1) is 9.60. The fourth-order valence-electron chi connectivity index (χ4n) is 1.97. The lowest BCUT2D eigenvalue weighted by atomic mass is 10.3. The molecular weight excluding hydrogens is 282 g/mol. The number of hydrogen-bond acceptors (Lipinski definition) is 4. The Bertz CT molecular complexity index is 891. The molecule has 0 saturated carbocycles. The summed E-state index contributed by atoms with van der Waals surface area (Å²) in [5, 5.41) is 0.508. The zero-order valence-corrected chi connectivity index (χ0v) is 11.2. The number of halogens is 1. The first-order valence-corrected chi connectivity index (χ1v) is 6.32. The summed E-state index contributed by atoms with van der Waals surface area (Å²) in [6, 6.07) is 3.36. The number of imidazole rings is 1. The van der Waals surface area contributed by atoms with Gasteiger partial charge in [0.05, 0.1) is 5.02 Å². The summed E-state index contributed by atoms with van der Waals surface area (Å²) in [5.74, 6) is 0.412. The number of aryl methyl sites for hydroxylation is 1. The minimum absolute atomic E-state index is 0.248. The van der Waals surface area contributed by atoms with E-state index in [4.69, 9.17) is 11.6 Å². The molecule has 0 spiro atoms. The van der Waals surface area contributed by atoms with Gasteiger partial charge in [-0.15, -0.1) is 0 Å². The molecule has 0 saturated heterocycles. The van der Waals surface area contributed by atoms with Crippen molar-refractivity contribution in [1.29, 1.82) is 0 Å². The monoisotopic (exact) mass is 291 g/mol. The molecule has 102 valence electrons. The second kappa shape index (κ2) is 4.61. The molecule has 0 bridgehead atoms. The molecule has 3 aromatic rings. The van der Waals surface area contributed by atoms with Gasteiger partial charge in [-0.1, -0.05) is 11.6 Å². The van der Waals surface area contributed by atoms with Crippen LogP contribution in [0.1, 0.15) is 6.92 Å². The van der Waals surface area contributed by atoms with Gasteiger partial charge in [-0.05, 0) is 19.1 Å². The van der Waals surface area contributed by atoms with Crippen molar-refractivity contribution in [2.24, 2.45) is 0 Å². The second-order valence-corrected chi connectivity index (χ2v) is 4.59. The summed E-state index contributed by atoms with van der Waals surface area (Å²) < 4.78 is 1.38. The summed E-state index contributed by atoms with van der Waals surface area (Å²) >= 11 is 5.78. The van der Waals surface area contributed by atoms with E-state index in [1.165, 1.54) is 10.8 Å². The second-order valence-electron chi connectivity index (χ2n) is 4.15. The van der Waals surface area contributed by atoms with Crippen molar-refractivity contribution in [2.45, 2.75) is 13.5 Å². The smallest absolute Gasteiger partial charge is 0.330 e. The third-order valence-electron chi connectivity index (χ3n) is 2.92. The van der Waals surface area contributed by atoms with Crippen LogP contribution in [0.15, 0.2) is 27.9 Å². The normalized spacial score (nSPS) is 11.1. The van der Waals surface area contributed by atoms with Crippen LogP contribution in [0.3, 0.4) is 0 Å². The molecule has 0 unspecified atom stereocenters. The highest BCUT2D eigenvalue weighted by Crippen LogP contribution is 2.17. The van der Waals surface area contributed by atoms with Crippen molar-refractivity contribution in [3.8, 4) is 11.5 Å². The van der Waals surface area contributed by atoms with Gasteiger partial charge in [0.25, 0.3) is 5.56 Å². The number of pyridine rings is 1. The van der Waals surface area contributed by atoms with Crippen LogP contribution in [0.5, 0.6) is 0 Å². The highest BCUT2D eigenvalue weighted by Gasteiger charge is 2.13. The lowest BCUT2D eigenvalue weighted by Gasteiger charge is -1.99. The Hall–Kier alpha value is -2.41. The maximum atomic E-state index is 11.8. The lowest BCUT2D eigenvalue weighted by Crippen LogP contribution is -2.29. The van der Waals surface area contributed by atoms with Gasteiger partial charge in [-0.25, -0.2) is 9.78 Å². The standard InChI is InChI=1S/C12H10ClN5O2/c1-2-18-10-8(11(19)17-12(18)20)15-9(16-10)7-4-3-6(13)5-14-7/h3-5H,2H2,1H3,(H,15,16)(H,17,19,20). The summed E-state index contributed by atoms with van der Waals surface area (Å²) in [6.07, 6.45) is 1.49. The van der Waals surface area contributed by atoms with E-state index < -0.39 is 11.2 Å². The Morgan fingerprint density at radius 3 is 2.75 bits per heavy atom. The van der Waals surface area contributed by atoms with E-state index in [1.807, 2.05) is 0 Å². The number of rotatable bonds is 2. The molecule has 0 amide bonds. The van der Waals surface area contributed by atoms with Crippen molar-refractivity contribution in [2.75, 3.05) is 0 Å². The van der Waals surface area contributed by atoms with Crippen LogP contribution in [0.4, 0.5) is 0 Å². The van der Waals surface area contributed by atoms with Crippen LogP contribution in [-0.4, -0.2) is 24.5 Å². The Morgan fingerprint density at radius 2 is 2.10 bits per heavy atom. The molecule has 0 aliphatic carbocycles. The molecule has 0 atom stereocenters. The maximum Gasteiger partial charge on any atom is 0.330 e. The Balaban J connectivity index is 2.30. The van der Waals surface area contributed by atoms with E-state index in [9.17, 15) is 9.59 Å². The van der Waals surface area contributed by atoms with E-state index in [0.717, 1.165) is 0 Å². The Labute approximate surface area is 117 Å². The van der Waals surface area contributed by atoms with Crippen molar-refractivity contribution in [3.05, 3.63) is 44.2 Å². The first-order valence-electron chi connectivity index (χ1n) is 5.95. The average Bonchev–Trinajstić information content (AvgIpc) is 2.85. The van der Waals surface area contributed by atoms with Gasteiger partial charge < -0.3 is 4.98 Å². The average molecular weight is 292 g/mol. The molecule has 2 N–H and O–H groups in total. The SMILES string of the molecule is CCn1c(=O)[nH]c(=O)c2[nH]c(-c3ccc(Cl)cn3)nc21. The lowest BCUT2D eigenvalue weighted by molar-refractivity contribution is 0.720. The molecule has 8 heteroatoms. The minimum atomic E-state index is -0.498. The zero-order valence-electron chi connectivity index (χ0n) is 10.5. The highest BCUT2D eigenvalue weighted by molar-refractivity contribution is 6.30. The molecule has 0 fully saturated rings. The summed E-state index contributed by atoms with van der Waals surface area (Å²) in [5.41, 5.74) is 0.126. The first kappa shape index (κ1) is 12.6. The number of aromatic nitrogens is 5. The van der Waals surface area contributed by atoms with Crippen LogP contribution in [0, 0.1) is 0 Å². The van der Waals surface area contributed by atoms with Crippen LogP contribution in [-0.2, 0) is 6.54 Å². The summed E-state index contributed by atoms with van der Waals surface area (Å²) in [4.78, 5) is 37.0. The number of nitrogens with zero attached hydrogens (tertiary/aromatic N) is 3. The van der Waals surface area contributed by atoms with Gasteiger partial charge in [0, 0.05) is 12.7 Å². The molecule has 3 heterocycles. The fourth-order valence-corrected chi connectivity index (χ4v) is 2.08. The maximum absolute atomic E-state index is 11.8. The minimum Gasteiger partial charge on any atom is -0.331 e. The largest absolute Gasteiger partial charge is 0.331 e. The van der Waals surface area contributed by atoms with Crippen molar-refractivity contribution >= 4 is 22.8 Å². The third-order valence-corrected chi connectivity index (χ3v) is 3.14. The molecule has 0 aromatic carbocycles. The van der Waals surface area contributed by atoms with Gasteiger partial charge >= 0.3 is 5.69 Å². The molecular formula is C12H10ClN5O2. The van der Waals surface area contributed by atoms with E-state index in [2.05, 4.69) is 19.9 Å². The van der Waals surface area contributed by atoms with Crippen molar-refractivity contribution in [3.63, 3.8) is 0 Å². The number of H-pyrrole nitrogens is 2. The predicted octanol–water partition coefficient (Wildman–Crippen LogP) is 1.15. The number of nitrogens with one attached hydrogen (secondary N) is 2. The molecule has 0 aliphatic rings. The molecule has 3 rings (SSSR count). The van der Waals surface area contributed by atoms with E-state index in [1.54, 1.807) is 19.1 Å². The fraction of sp³-hybridized carbons (Fsp3) is 0.167. The van der Waals surface area contributed by atoms with Crippen LogP contribution < -0.4 is 11.2 Å². The third kappa shape index (κ3) is 1.92. The van der Waals surface area contributed by atoms with Crippen LogP contribution >= 0.6 is 11.6 Å². The Kier molecular flexibility index (Phi) is 2.90. The van der Waals surface area contributed by atoms with E-state index in [0.29, 0.717) is 28.7 Å². The molecule has 20 heavy (non-hydrogen) atoms. The van der Waals surface area contributed by atoms with Crippen molar-refractivity contribution < 1.29 is 0 Å². The van der Waals surface area contributed by atoms with Crippen molar-refractivity contribution in [1.82, 2.24) is 24.5 Å². The summed E-state index contributed by atoms with van der Waals surface area (Å²) in [7, 11) is 0. The molecule has 3 aromatic heterocycles. The topological polar surface area (TPSA) is 96.4 Å². The van der Waals surface area contributed by atoms with Gasteiger partial charge in [0.15, 0.2) is 11.5 Å². The van der Waals surface area contributed by atoms with E-state index in [-0.39, 0.29) is 5.52 Å². The zero-order chi connectivity index (χ0) is 14.3. The Morgan fingerprint density at radius 1 is 1.30 bits per heavy atom. The number of hydrogen-bond donors (Lipinski definition) is 2. The van der Waals surface area contributed by atoms with Gasteiger partial charge in [-0.2, -0.15) is 0 Å². The summed E-state index contributed by atoms with van der Waals surface area (Å²) in [6.45, 7) is 2.21. The predicted molar refractivity (Wildman–Crippen MR) is 74.9 cm³/mol. The number of fused-ring (bicyclic) bond motifs is 1. The van der Waals surface area contributed by atoms with Gasteiger partial charge in [0.1, 0.15) is 11.2 Å².